The summed E-state index contributed by atoms with van der Waals surface area (Å²) in [5.41, 5.74) is 7.75. The summed E-state index contributed by atoms with van der Waals surface area (Å²) in [5.74, 6) is 0. The van der Waals surface area contributed by atoms with Crippen LogP contribution >= 0.6 is 0 Å². The van der Waals surface area contributed by atoms with Gasteiger partial charge in [-0.2, -0.15) is 0 Å². The van der Waals surface area contributed by atoms with Gasteiger partial charge in [0.15, 0.2) is 0 Å². The number of hydrogen-bond acceptors (Lipinski definition) is 4. The fourth-order valence-corrected chi connectivity index (χ4v) is 5.84. The number of aryl methyl sites for hydroxylation is 1. The van der Waals surface area contributed by atoms with E-state index in [-0.39, 0.29) is 0 Å². The van der Waals surface area contributed by atoms with Crippen molar-refractivity contribution in [2.75, 3.05) is 0 Å². The Morgan fingerprint density at radius 2 is 1.04 bits per heavy atom. The first-order valence-electron chi connectivity index (χ1n) is 19.2. The molecular formula is C49H66N4. The summed E-state index contributed by atoms with van der Waals surface area (Å²) in [6.45, 7) is 27.0. The maximum atomic E-state index is 4.49. The quantitative estimate of drug-likeness (QED) is 0.179. The van der Waals surface area contributed by atoms with Gasteiger partial charge in [-0.3, -0.25) is 19.9 Å². The Kier molecular flexibility index (Phi) is 15.9. The van der Waals surface area contributed by atoms with Crippen molar-refractivity contribution in [2.45, 2.75) is 115 Å². The molecule has 0 saturated carbocycles. The van der Waals surface area contributed by atoms with Crippen LogP contribution in [0.2, 0.25) is 0 Å². The van der Waals surface area contributed by atoms with E-state index in [2.05, 4.69) is 164 Å². The minimum atomic E-state index is 0.301. The topological polar surface area (TPSA) is 51.6 Å². The van der Waals surface area contributed by atoms with Gasteiger partial charge in [-0.25, -0.2) is 0 Å². The average molecular weight is 711 g/mol. The Balaban J connectivity index is 0.000000192. The summed E-state index contributed by atoms with van der Waals surface area (Å²) in [4.78, 5) is 17.0. The molecule has 0 aliphatic heterocycles. The van der Waals surface area contributed by atoms with Crippen LogP contribution in [0.15, 0.2) is 122 Å². The highest BCUT2D eigenvalue weighted by molar-refractivity contribution is 5.82. The van der Waals surface area contributed by atoms with Crippen LogP contribution in [0, 0.1) is 21.7 Å². The SMILES string of the molecule is CC(C)(C)CCc1cccnc1.CC(C)(C)Cc1cc2ccccc2cn1.CC(C)(C)Cc1cccc2ncccc12.CC(C)(C)Cc1cccnc1. The van der Waals surface area contributed by atoms with Crippen LogP contribution < -0.4 is 0 Å². The van der Waals surface area contributed by atoms with E-state index in [9.17, 15) is 0 Å². The molecule has 0 saturated heterocycles. The number of nitrogens with zero attached hydrogens (tertiary/aromatic N) is 4. The molecule has 0 amide bonds. The molecule has 0 aliphatic carbocycles. The van der Waals surface area contributed by atoms with Gasteiger partial charge in [0.25, 0.3) is 0 Å². The van der Waals surface area contributed by atoms with E-state index in [0.29, 0.717) is 21.7 Å². The lowest BCUT2D eigenvalue weighted by atomic mass is 9.87. The Labute approximate surface area is 322 Å². The summed E-state index contributed by atoms with van der Waals surface area (Å²) in [6.07, 6.45) is 16.9. The Bertz CT molecular complexity index is 1910. The highest BCUT2D eigenvalue weighted by atomic mass is 14.7. The van der Waals surface area contributed by atoms with E-state index < -0.39 is 0 Å². The molecule has 0 bridgehead atoms. The Morgan fingerprint density at radius 3 is 1.60 bits per heavy atom. The van der Waals surface area contributed by atoms with Crippen molar-refractivity contribution >= 4 is 21.7 Å². The molecule has 0 fully saturated rings. The normalized spacial score (nSPS) is 11.8. The maximum absolute atomic E-state index is 4.49. The lowest BCUT2D eigenvalue weighted by Crippen LogP contribution is -2.10. The van der Waals surface area contributed by atoms with Crippen molar-refractivity contribution in [2.24, 2.45) is 21.7 Å². The summed E-state index contributed by atoms with van der Waals surface area (Å²) in [5, 5.41) is 3.79. The zero-order chi connectivity index (χ0) is 39.1. The molecule has 4 heterocycles. The van der Waals surface area contributed by atoms with Gasteiger partial charge in [0.05, 0.1) is 5.52 Å². The fraction of sp³-hybridized carbons (Fsp3) is 0.429. The van der Waals surface area contributed by atoms with E-state index in [1.54, 1.807) is 0 Å². The first-order chi connectivity index (χ1) is 24.8. The second-order valence-corrected chi connectivity index (χ2v) is 19.0. The largest absolute Gasteiger partial charge is 0.264 e. The summed E-state index contributed by atoms with van der Waals surface area (Å²) in [6, 6.07) is 29.3. The number of aromatic nitrogens is 4. The number of hydrogen-bond donors (Lipinski definition) is 0. The monoisotopic (exact) mass is 711 g/mol. The second-order valence-electron chi connectivity index (χ2n) is 19.0. The van der Waals surface area contributed by atoms with Gasteiger partial charge < -0.3 is 0 Å². The third kappa shape index (κ3) is 18.2. The lowest BCUT2D eigenvalue weighted by Gasteiger charge is -2.19. The second kappa shape index (κ2) is 19.6. The van der Waals surface area contributed by atoms with Crippen molar-refractivity contribution in [1.29, 1.82) is 0 Å². The minimum Gasteiger partial charge on any atom is -0.264 e. The zero-order valence-electron chi connectivity index (χ0n) is 34.9. The molecule has 6 aromatic rings. The molecule has 282 valence electrons. The molecule has 0 spiro atoms. The van der Waals surface area contributed by atoms with Crippen molar-refractivity contribution in [3.8, 4) is 0 Å². The Morgan fingerprint density at radius 1 is 0.453 bits per heavy atom. The highest BCUT2D eigenvalue weighted by Crippen LogP contribution is 2.26. The molecule has 6 rings (SSSR count). The van der Waals surface area contributed by atoms with Gasteiger partial charge in [0, 0.05) is 53.6 Å². The van der Waals surface area contributed by atoms with Crippen LogP contribution in [-0.4, -0.2) is 19.9 Å². The van der Waals surface area contributed by atoms with Gasteiger partial charge in [0.2, 0.25) is 0 Å². The number of pyridine rings is 4. The van der Waals surface area contributed by atoms with E-state index in [4.69, 9.17) is 0 Å². The number of benzene rings is 2. The smallest absolute Gasteiger partial charge is 0.0704 e. The van der Waals surface area contributed by atoms with Crippen molar-refractivity contribution in [3.05, 3.63) is 144 Å². The van der Waals surface area contributed by atoms with Gasteiger partial charge in [-0.15, -0.1) is 0 Å². The third-order valence-corrected chi connectivity index (χ3v) is 8.20. The van der Waals surface area contributed by atoms with Crippen LogP contribution in [-0.2, 0) is 25.7 Å². The van der Waals surface area contributed by atoms with Crippen LogP contribution in [0.3, 0.4) is 0 Å². The predicted octanol–water partition coefficient (Wildman–Crippen LogP) is 13.4. The predicted molar refractivity (Wildman–Crippen MR) is 229 cm³/mol. The molecule has 0 unspecified atom stereocenters. The van der Waals surface area contributed by atoms with Crippen molar-refractivity contribution in [3.63, 3.8) is 0 Å². The average Bonchev–Trinajstić information content (AvgIpc) is 3.07. The molecule has 2 aromatic carbocycles. The van der Waals surface area contributed by atoms with Crippen LogP contribution in [0.1, 0.15) is 112 Å². The first kappa shape index (κ1) is 43.0. The highest BCUT2D eigenvalue weighted by Gasteiger charge is 2.14. The molecule has 53 heavy (non-hydrogen) atoms. The third-order valence-electron chi connectivity index (χ3n) is 8.20. The number of rotatable bonds is 5. The summed E-state index contributed by atoms with van der Waals surface area (Å²) in [7, 11) is 0. The van der Waals surface area contributed by atoms with Crippen molar-refractivity contribution in [1.82, 2.24) is 19.9 Å². The van der Waals surface area contributed by atoms with Crippen LogP contribution in [0.4, 0.5) is 0 Å². The molecule has 4 nitrogen and oxygen atoms in total. The van der Waals surface area contributed by atoms with Crippen LogP contribution in [0.25, 0.3) is 21.7 Å². The van der Waals surface area contributed by atoms with Gasteiger partial charge in [-0.05, 0) is 106 Å². The van der Waals surface area contributed by atoms with Gasteiger partial charge in [0.1, 0.15) is 0 Å². The van der Waals surface area contributed by atoms with E-state index in [0.717, 1.165) is 31.2 Å². The first-order valence-corrected chi connectivity index (χ1v) is 19.2. The number of fused-ring (bicyclic) bond motifs is 2. The molecule has 0 atom stereocenters. The standard InChI is InChI=1S/2C14H17N.C11H17N.C10H15N/c1-14(2,3)10-11-6-4-8-13-12(11)7-5-9-15-13;1-14(2,3)9-13-8-11-6-4-5-7-12(11)10-15-13;1-11(2,3)7-6-10-5-4-8-12-9-10;1-10(2,3)7-9-5-4-6-11-8-9/h4-9H,10H2,1-3H3;4-8,10H,9H2,1-3H3;4-5,8-9H,6-7H2,1-3H3;4-6,8H,7H2,1-3H3. The van der Waals surface area contributed by atoms with Crippen LogP contribution in [0.5, 0.6) is 0 Å². The zero-order valence-corrected chi connectivity index (χ0v) is 34.9. The Hall–Kier alpha value is -4.44. The molecule has 0 N–H and O–H groups in total. The fourth-order valence-electron chi connectivity index (χ4n) is 5.84. The molecule has 4 aromatic heterocycles. The molecular weight excluding hydrogens is 645 g/mol. The van der Waals surface area contributed by atoms with Gasteiger partial charge >= 0.3 is 0 Å². The summed E-state index contributed by atoms with van der Waals surface area (Å²) >= 11 is 0. The molecule has 4 heteroatoms. The molecule has 0 radical (unpaired) electrons. The minimum absolute atomic E-state index is 0.301. The van der Waals surface area contributed by atoms with E-state index in [1.165, 1.54) is 45.0 Å². The van der Waals surface area contributed by atoms with E-state index in [1.807, 2.05) is 61.4 Å². The van der Waals surface area contributed by atoms with E-state index >= 15 is 0 Å². The van der Waals surface area contributed by atoms with Crippen molar-refractivity contribution < 1.29 is 0 Å². The molecule has 0 aliphatic rings. The summed E-state index contributed by atoms with van der Waals surface area (Å²) < 4.78 is 0. The maximum Gasteiger partial charge on any atom is 0.0704 e. The lowest BCUT2D eigenvalue weighted by molar-refractivity contribution is 0.378. The van der Waals surface area contributed by atoms with Gasteiger partial charge in [-0.1, -0.05) is 138 Å².